The Morgan fingerprint density at radius 3 is 2.65 bits per heavy atom. The van der Waals surface area contributed by atoms with Gasteiger partial charge in [-0.1, -0.05) is 19.1 Å². The summed E-state index contributed by atoms with van der Waals surface area (Å²) in [5.41, 5.74) is -0.367. The molecule has 0 aliphatic carbocycles. The van der Waals surface area contributed by atoms with Crippen molar-refractivity contribution >= 4 is 5.91 Å². The van der Waals surface area contributed by atoms with Crippen LogP contribution >= 0.6 is 0 Å². The molecular formula is C18H22FN3O4. The van der Waals surface area contributed by atoms with E-state index >= 15 is 0 Å². The summed E-state index contributed by atoms with van der Waals surface area (Å²) in [6.07, 6.45) is 1.85. The van der Waals surface area contributed by atoms with Crippen LogP contribution in [0.4, 0.5) is 4.39 Å². The van der Waals surface area contributed by atoms with Crippen molar-refractivity contribution in [2.45, 2.75) is 32.9 Å². The molecule has 140 valence electrons. The Kier molecular flexibility index (Phi) is 6.85. The molecule has 2 N–H and O–H groups in total. The van der Waals surface area contributed by atoms with Crippen LogP contribution in [0.2, 0.25) is 0 Å². The predicted molar refractivity (Wildman–Crippen MR) is 93.6 cm³/mol. The normalized spacial score (nSPS) is 12.0. The molecule has 1 amide bonds. The van der Waals surface area contributed by atoms with E-state index in [4.69, 9.17) is 4.74 Å². The number of nitrogens with zero attached hydrogens (tertiary/aromatic N) is 2. The molecule has 1 aromatic heterocycles. The molecule has 2 aromatic rings. The van der Waals surface area contributed by atoms with Crippen LogP contribution in [0.1, 0.15) is 42.4 Å². The predicted octanol–water partition coefficient (Wildman–Crippen LogP) is 2.01. The monoisotopic (exact) mass is 363 g/mol. The lowest BCUT2D eigenvalue weighted by atomic mass is 10.2. The summed E-state index contributed by atoms with van der Waals surface area (Å²) >= 11 is 0. The summed E-state index contributed by atoms with van der Waals surface area (Å²) in [4.78, 5) is 28.5. The van der Waals surface area contributed by atoms with Crippen LogP contribution in [0.3, 0.4) is 0 Å². The minimum atomic E-state index is -0.709. The number of nitrogens with one attached hydrogen (secondary N) is 1. The average Bonchev–Trinajstić information content (AvgIpc) is 2.64. The summed E-state index contributed by atoms with van der Waals surface area (Å²) in [6, 6.07) is 5.33. The van der Waals surface area contributed by atoms with Gasteiger partial charge in [0.15, 0.2) is 5.69 Å². The van der Waals surface area contributed by atoms with E-state index in [1.807, 2.05) is 13.8 Å². The number of carbonyl (C=O) groups is 1. The minimum Gasteiger partial charge on any atom is -0.501 e. The van der Waals surface area contributed by atoms with E-state index in [1.165, 1.54) is 35.2 Å². The fraction of sp³-hybridized carbons (Fsp3) is 0.389. The number of benzene rings is 1. The molecule has 0 saturated heterocycles. The standard InChI is InChI=1S/C18H22FN3O4/c1-3-14(10-26-4-2)22-11-21-15(16(23)18(22)25)17(24)20-9-12-5-7-13(19)8-6-12/h5-8,11,14,23H,3-4,9-10H2,1-2H3,(H,20,24)/t14-/m0/s1. The quantitative estimate of drug-likeness (QED) is 0.748. The van der Waals surface area contributed by atoms with Gasteiger partial charge in [0, 0.05) is 13.2 Å². The van der Waals surface area contributed by atoms with E-state index in [0.29, 0.717) is 25.2 Å². The molecule has 0 bridgehead atoms. The SMILES string of the molecule is CCOC[C@H](CC)n1cnc(C(=O)NCc2ccc(F)cc2)c(O)c1=O. The van der Waals surface area contributed by atoms with Gasteiger partial charge in [-0.15, -0.1) is 0 Å². The molecule has 0 aliphatic heterocycles. The van der Waals surface area contributed by atoms with E-state index < -0.39 is 17.2 Å². The van der Waals surface area contributed by atoms with E-state index in [0.717, 1.165) is 0 Å². The van der Waals surface area contributed by atoms with Gasteiger partial charge in [0.1, 0.15) is 5.82 Å². The highest BCUT2D eigenvalue weighted by atomic mass is 19.1. The molecule has 0 unspecified atom stereocenters. The fourth-order valence-corrected chi connectivity index (χ4v) is 2.40. The highest BCUT2D eigenvalue weighted by Crippen LogP contribution is 2.14. The van der Waals surface area contributed by atoms with Crippen LogP contribution < -0.4 is 10.9 Å². The van der Waals surface area contributed by atoms with E-state index in [1.54, 1.807) is 0 Å². The van der Waals surface area contributed by atoms with Gasteiger partial charge in [-0.05, 0) is 31.0 Å². The van der Waals surface area contributed by atoms with Gasteiger partial charge in [-0.2, -0.15) is 0 Å². The Labute approximate surface area is 150 Å². The molecule has 0 saturated carbocycles. The van der Waals surface area contributed by atoms with Crippen LogP contribution in [0.15, 0.2) is 35.4 Å². The van der Waals surface area contributed by atoms with Crippen molar-refractivity contribution in [1.82, 2.24) is 14.9 Å². The number of hydrogen-bond donors (Lipinski definition) is 2. The van der Waals surface area contributed by atoms with E-state index in [2.05, 4.69) is 10.3 Å². The first kappa shape index (κ1) is 19.6. The van der Waals surface area contributed by atoms with Crippen molar-refractivity contribution < 1.29 is 19.0 Å². The maximum Gasteiger partial charge on any atom is 0.296 e. The molecular weight excluding hydrogens is 341 g/mol. The number of ether oxygens (including phenoxy) is 1. The molecule has 8 heteroatoms. The second-order valence-electron chi connectivity index (χ2n) is 5.68. The molecule has 1 heterocycles. The zero-order valence-electron chi connectivity index (χ0n) is 14.7. The van der Waals surface area contributed by atoms with Gasteiger partial charge < -0.3 is 15.2 Å². The summed E-state index contributed by atoms with van der Waals surface area (Å²) < 4.78 is 19.5. The smallest absolute Gasteiger partial charge is 0.296 e. The third-order valence-corrected chi connectivity index (χ3v) is 3.93. The number of amides is 1. The van der Waals surface area contributed by atoms with Crippen molar-refractivity contribution in [3.05, 3.63) is 58.0 Å². The first-order valence-electron chi connectivity index (χ1n) is 8.38. The topological polar surface area (TPSA) is 93.5 Å². The third-order valence-electron chi connectivity index (χ3n) is 3.93. The fourth-order valence-electron chi connectivity index (χ4n) is 2.40. The zero-order valence-corrected chi connectivity index (χ0v) is 14.7. The van der Waals surface area contributed by atoms with Gasteiger partial charge in [0.05, 0.1) is 19.0 Å². The molecule has 26 heavy (non-hydrogen) atoms. The van der Waals surface area contributed by atoms with Crippen molar-refractivity contribution in [2.24, 2.45) is 0 Å². The molecule has 7 nitrogen and oxygen atoms in total. The Balaban J connectivity index is 2.14. The minimum absolute atomic E-state index is 0.116. The number of carbonyl (C=O) groups excluding carboxylic acids is 1. The largest absolute Gasteiger partial charge is 0.501 e. The molecule has 1 aromatic carbocycles. The van der Waals surface area contributed by atoms with E-state index in [-0.39, 0.29) is 24.1 Å². The van der Waals surface area contributed by atoms with Crippen molar-refractivity contribution in [1.29, 1.82) is 0 Å². The Hall–Kier alpha value is -2.74. The Morgan fingerprint density at radius 2 is 2.04 bits per heavy atom. The molecule has 0 fully saturated rings. The molecule has 0 aliphatic rings. The highest BCUT2D eigenvalue weighted by Gasteiger charge is 2.20. The molecule has 1 atom stereocenters. The average molecular weight is 363 g/mol. The maximum atomic E-state index is 12.9. The van der Waals surface area contributed by atoms with Crippen LogP contribution in [-0.4, -0.2) is 33.8 Å². The van der Waals surface area contributed by atoms with Crippen molar-refractivity contribution in [2.75, 3.05) is 13.2 Å². The second-order valence-corrected chi connectivity index (χ2v) is 5.68. The Morgan fingerprint density at radius 1 is 1.35 bits per heavy atom. The number of aromatic hydroxyl groups is 1. The highest BCUT2D eigenvalue weighted by molar-refractivity contribution is 5.94. The number of hydrogen-bond acceptors (Lipinski definition) is 5. The summed E-state index contributed by atoms with van der Waals surface area (Å²) in [5.74, 6) is -1.77. The zero-order chi connectivity index (χ0) is 19.1. The molecule has 2 rings (SSSR count). The second kappa shape index (κ2) is 9.10. The number of halogens is 1. The lowest BCUT2D eigenvalue weighted by Gasteiger charge is -2.18. The van der Waals surface area contributed by atoms with Gasteiger partial charge >= 0.3 is 0 Å². The number of aromatic nitrogens is 2. The lowest BCUT2D eigenvalue weighted by Crippen LogP contribution is -2.31. The van der Waals surface area contributed by atoms with Gasteiger partial charge in [0.25, 0.3) is 11.5 Å². The first-order valence-corrected chi connectivity index (χ1v) is 8.38. The summed E-state index contributed by atoms with van der Waals surface area (Å²) in [6.45, 7) is 4.67. The van der Waals surface area contributed by atoms with Crippen LogP contribution in [0, 0.1) is 5.82 Å². The van der Waals surface area contributed by atoms with Crippen molar-refractivity contribution in [3.8, 4) is 5.75 Å². The van der Waals surface area contributed by atoms with Gasteiger partial charge in [0.2, 0.25) is 5.75 Å². The van der Waals surface area contributed by atoms with Crippen LogP contribution in [0.25, 0.3) is 0 Å². The van der Waals surface area contributed by atoms with Gasteiger partial charge in [-0.25, -0.2) is 9.37 Å². The van der Waals surface area contributed by atoms with Crippen LogP contribution in [0.5, 0.6) is 5.75 Å². The third kappa shape index (κ3) is 4.66. The first-order chi connectivity index (χ1) is 12.5. The number of rotatable bonds is 8. The summed E-state index contributed by atoms with van der Waals surface area (Å²) in [7, 11) is 0. The van der Waals surface area contributed by atoms with Gasteiger partial charge in [-0.3, -0.25) is 14.2 Å². The summed E-state index contributed by atoms with van der Waals surface area (Å²) in [5, 5.41) is 12.6. The lowest BCUT2D eigenvalue weighted by molar-refractivity contribution is 0.0940. The molecule has 0 radical (unpaired) electrons. The maximum absolute atomic E-state index is 12.9. The van der Waals surface area contributed by atoms with Crippen LogP contribution in [-0.2, 0) is 11.3 Å². The molecule has 0 spiro atoms. The Bertz CT molecular complexity index is 805. The van der Waals surface area contributed by atoms with Crippen molar-refractivity contribution in [3.63, 3.8) is 0 Å². The van der Waals surface area contributed by atoms with E-state index in [9.17, 15) is 19.1 Å².